The summed E-state index contributed by atoms with van der Waals surface area (Å²) in [4.78, 5) is 9.69. The average Bonchev–Trinajstić information content (AvgIpc) is 1.21. The second kappa shape index (κ2) is 2.66. The van der Waals surface area contributed by atoms with E-state index < -0.39 is 18.9 Å². The second-order valence-electron chi connectivity index (χ2n) is 0.775. The summed E-state index contributed by atoms with van der Waals surface area (Å²) >= 11 is 0. The minimum Gasteiger partial charge on any atom is -0.481 e. The van der Waals surface area contributed by atoms with E-state index in [9.17, 15) is 4.79 Å². The van der Waals surface area contributed by atoms with E-state index in [2.05, 4.69) is 5.73 Å². The fraction of sp³-hybridized carbons (Fsp3) is 0.667. The Kier molecular flexibility index (Phi) is 1.14. The molecule has 0 radical (unpaired) electrons. The maximum Gasteiger partial charge on any atom is 0.304 e. The molecule has 3 heteroatoms. The van der Waals surface area contributed by atoms with Gasteiger partial charge in [0.2, 0.25) is 0 Å². The molecule has 0 saturated heterocycles. The summed E-state index contributed by atoms with van der Waals surface area (Å²) in [5.41, 5.74) is 4.69. The van der Waals surface area contributed by atoms with Gasteiger partial charge in [-0.15, -0.1) is 0 Å². The lowest BCUT2D eigenvalue weighted by Gasteiger charge is -1.80. The molecule has 6 heavy (non-hydrogen) atoms. The largest absolute Gasteiger partial charge is 0.481 e. The van der Waals surface area contributed by atoms with Crippen LogP contribution in [0.3, 0.4) is 0 Å². The lowest BCUT2D eigenvalue weighted by atomic mass is 10.5. The molecule has 0 atom stereocenters. The Morgan fingerprint density at radius 1 is 2.17 bits per heavy atom. The smallest absolute Gasteiger partial charge is 0.304 e. The van der Waals surface area contributed by atoms with Crippen molar-refractivity contribution in [3.8, 4) is 0 Å². The molecule has 0 bridgehead atoms. The van der Waals surface area contributed by atoms with E-state index >= 15 is 0 Å². The minimum atomic E-state index is -2.08. The van der Waals surface area contributed by atoms with Gasteiger partial charge in [-0.3, -0.25) is 4.79 Å². The number of hydrogen-bond acceptors (Lipinski definition) is 2. The Morgan fingerprint density at radius 3 is 2.67 bits per heavy atom. The van der Waals surface area contributed by atoms with Crippen LogP contribution in [0.25, 0.3) is 0 Å². The van der Waals surface area contributed by atoms with Crippen LogP contribution in [-0.4, -0.2) is 17.6 Å². The summed E-state index contributed by atoms with van der Waals surface area (Å²) in [5.74, 6) is -1.22. The zero-order valence-corrected chi connectivity index (χ0v) is 3.14. The van der Waals surface area contributed by atoms with Crippen molar-refractivity contribution in [1.29, 1.82) is 0 Å². The molecule has 36 valence electrons. The van der Waals surface area contributed by atoms with E-state index in [1.54, 1.807) is 0 Å². The third-order valence-corrected chi connectivity index (χ3v) is 0.253. The third kappa shape index (κ3) is 3.43. The maximum absolute atomic E-state index is 9.69. The molecule has 0 amide bonds. The molecule has 0 aliphatic heterocycles. The van der Waals surface area contributed by atoms with Crippen LogP contribution >= 0.6 is 0 Å². The first-order valence-corrected chi connectivity index (χ1v) is 1.42. The average molecular weight is 93.1 g/mol. The summed E-state index contributed by atoms with van der Waals surface area (Å²) < 4.78 is 13.1. The Hall–Kier alpha value is -0.570. The van der Waals surface area contributed by atoms with Gasteiger partial charge >= 0.3 is 5.97 Å². The lowest BCUT2D eigenvalue weighted by molar-refractivity contribution is -0.136. The van der Waals surface area contributed by atoms with Crippen molar-refractivity contribution in [2.45, 2.75) is 6.42 Å². The number of aliphatic carboxylic acids is 1. The van der Waals surface area contributed by atoms with Crippen molar-refractivity contribution in [2.75, 3.05) is 6.50 Å². The van der Waals surface area contributed by atoms with E-state index in [0.717, 1.165) is 0 Å². The van der Waals surface area contributed by atoms with Crippen LogP contribution in [0.2, 0.25) is 0 Å². The molecular weight excluding hydrogens is 82.0 g/mol. The summed E-state index contributed by atoms with van der Waals surface area (Å²) in [6.07, 6.45) is -0.646. The van der Waals surface area contributed by atoms with Crippen molar-refractivity contribution in [3.63, 3.8) is 0 Å². The van der Waals surface area contributed by atoms with Gasteiger partial charge in [0.1, 0.15) is 0 Å². The first kappa shape index (κ1) is 2.58. The molecule has 0 unspecified atom stereocenters. The number of carbonyl (C=O) groups is 1. The maximum atomic E-state index is 9.69. The van der Waals surface area contributed by atoms with Gasteiger partial charge in [-0.05, 0) is 0 Å². The summed E-state index contributed by atoms with van der Waals surface area (Å²) in [5, 5.41) is 7.93. The monoisotopic (exact) mass is 93.1 g/mol. The molecule has 0 aliphatic rings. The quantitative estimate of drug-likeness (QED) is 0.480. The van der Waals surface area contributed by atoms with Gasteiger partial charge in [0, 0.05) is 9.24 Å². The first-order chi connectivity index (χ1) is 3.42. The summed E-state index contributed by atoms with van der Waals surface area (Å²) in [6, 6.07) is 0. The highest BCUT2D eigenvalue weighted by molar-refractivity contribution is 5.66. The molecule has 3 nitrogen and oxygen atoms in total. The summed E-state index contributed by atoms with van der Waals surface area (Å²) in [7, 11) is 0. The van der Waals surface area contributed by atoms with Crippen LogP contribution in [0, 0.1) is 0 Å². The SMILES string of the molecule is [3H]C([3H])(N)CC(=O)O. The predicted octanol–water partition coefficient (Wildman–Crippen LogP) is -0.580. The number of hydrogen-bond donors (Lipinski definition) is 2. The predicted molar refractivity (Wildman–Crippen MR) is 21.3 cm³/mol. The molecular formula is C3H7NO2. The standard InChI is InChI=1S/C3H7NO2/c4-2-1-3(5)6/h1-2,4H2,(H,5,6)/i2T2. The Labute approximate surface area is 38.6 Å². The van der Waals surface area contributed by atoms with E-state index in [0.29, 0.717) is 0 Å². The zero-order valence-electron chi connectivity index (χ0n) is 5.14. The van der Waals surface area contributed by atoms with Crippen LogP contribution in [0.5, 0.6) is 0 Å². The zero-order chi connectivity index (χ0) is 6.78. The number of carboxylic acid groups (broad SMARTS) is 1. The van der Waals surface area contributed by atoms with Crippen molar-refractivity contribution < 1.29 is 12.6 Å². The highest BCUT2D eigenvalue weighted by Crippen LogP contribution is 1.67. The van der Waals surface area contributed by atoms with Gasteiger partial charge < -0.3 is 10.8 Å². The molecule has 0 spiro atoms. The highest BCUT2D eigenvalue weighted by atomic mass is 16.4. The molecule has 0 aromatic heterocycles. The van der Waals surface area contributed by atoms with Crippen LogP contribution in [0.1, 0.15) is 9.16 Å². The molecule has 0 aliphatic carbocycles. The van der Waals surface area contributed by atoms with Gasteiger partial charge in [0.25, 0.3) is 0 Å². The first-order valence-electron chi connectivity index (χ1n) is 2.42. The van der Waals surface area contributed by atoms with Crippen LogP contribution in [0.4, 0.5) is 0 Å². The minimum absolute atomic E-state index is 0.646. The van der Waals surface area contributed by atoms with Crippen molar-refractivity contribution in [3.05, 3.63) is 0 Å². The fourth-order valence-electron chi connectivity index (χ4n) is 0.0873. The molecule has 3 N–H and O–H groups in total. The Balaban J connectivity index is 3.55. The molecule has 0 rings (SSSR count). The molecule has 0 saturated carbocycles. The molecule has 0 aromatic rings. The van der Waals surface area contributed by atoms with E-state index in [4.69, 9.17) is 7.85 Å². The topological polar surface area (TPSA) is 63.3 Å². The fourth-order valence-corrected chi connectivity index (χ4v) is 0.0873. The highest BCUT2D eigenvalue weighted by Gasteiger charge is 1.87. The van der Waals surface area contributed by atoms with Gasteiger partial charge in [-0.25, -0.2) is 0 Å². The number of nitrogens with two attached hydrogens (primary N) is 1. The Bertz CT molecular complexity index is 97.9. The lowest BCUT2D eigenvalue weighted by Crippen LogP contribution is -2.05. The van der Waals surface area contributed by atoms with Gasteiger partial charge in [0.15, 0.2) is 0 Å². The van der Waals surface area contributed by atoms with Gasteiger partial charge in [-0.2, -0.15) is 0 Å². The normalized spacial score (nSPS) is 15.5. The van der Waals surface area contributed by atoms with E-state index in [-0.39, 0.29) is 0 Å². The van der Waals surface area contributed by atoms with E-state index in [1.807, 2.05) is 0 Å². The molecule has 0 aromatic carbocycles. The third-order valence-electron chi connectivity index (χ3n) is 0.253. The molecule has 0 heterocycles. The van der Waals surface area contributed by atoms with Crippen molar-refractivity contribution in [1.82, 2.24) is 0 Å². The Morgan fingerprint density at radius 2 is 2.67 bits per heavy atom. The van der Waals surface area contributed by atoms with Gasteiger partial charge in [-0.1, -0.05) is 0 Å². The van der Waals surface area contributed by atoms with E-state index in [1.165, 1.54) is 0 Å². The van der Waals surface area contributed by atoms with Gasteiger partial charge in [0.05, 0.1) is 6.42 Å². The van der Waals surface area contributed by atoms with Crippen LogP contribution in [-0.2, 0) is 4.79 Å². The van der Waals surface area contributed by atoms with Crippen LogP contribution in [0.15, 0.2) is 0 Å². The van der Waals surface area contributed by atoms with Crippen molar-refractivity contribution >= 4 is 5.97 Å². The summed E-state index contributed by atoms with van der Waals surface area (Å²) in [6.45, 7) is -2.08. The second-order valence-corrected chi connectivity index (χ2v) is 0.775. The molecule has 0 fully saturated rings. The number of rotatable bonds is 2. The van der Waals surface area contributed by atoms with Crippen molar-refractivity contribution in [2.24, 2.45) is 5.73 Å². The number of carboxylic acids is 1. The van der Waals surface area contributed by atoms with Crippen LogP contribution < -0.4 is 5.73 Å².